The van der Waals surface area contributed by atoms with Crippen molar-refractivity contribution >= 4 is 15.9 Å². The van der Waals surface area contributed by atoms with Crippen LogP contribution in [-0.2, 0) is 19.3 Å². The average Bonchev–Trinajstić information content (AvgIpc) is 2.91. The molecule has 0 amide bonds. The Bertz CT molecular complexity index is 616. The zero-order valence-corrected chi connectivity index (χ0v) is 13.7. The summed E-state index contributed by atoms with van der Waals surface area (Å²) in [5, 5.41) is 3.39. The van der Waals surface area contributed by atoms with Crippen LogP contribution in [0, 0.1) is 11.7 Å². The van der Waals surface area contributed by atoms with E-state index in [2.05, 4.69) is 45.5 Å². The predicted molar refractivity (Wildman–Crippen MR) is 88.0 cm³/mol. The predicted octanol–water partition coefficient (Wildman–Crippen LogP) is 4.13. The van der Waals surface area contributed by atoms with Crippen LogP contribution in [0.15, 0.2) is 46.9 Å². The Morgan fingerprint density at radius 2 is 1.86 bits per heavy atom. The maximum atomic E-state index is 14.0. The van der Waals surface area contributed by atoms with Crippen molar-refractivity contribution < 1.29 is 4.39 Å². The summed E-state index contributed by atoms with van der Waals surface area (Å²) in [6.07, 6.45) is 2.88. The van der Waals surface area contributed by atoms with Crippen LogP contribution in [0.5, 0.6) is 0 Å². The number of nitrogens with one attached hydrogen (secondary N) is 1. The highest BCUT2D eigenvalue weighted by Crippen LogP contribution is 2.30. The molecular formula is C18H19BrFN. The maximum Gasteiger partial charge on any atom is 0.126 e. The van der Waals surface area contributed by atoms with E-state index in [4.69, 9.17) is 0 Å². The number of fused-ring (bicyclic) bond motifs is 1. The van der Waals surface area contributed by atoms with Gasteiger partial charge in [-0.25, -0.2) is 4.39 Å². The first-order chi connectivity index (χ1) is 10.2. The molecule has 1 atom stereocenters. The second-order valence-electron chi connectivity index (χ2n) is 5.77. The van der Waals surface area contributed by atoms with Crippen molar-refractivity contribution in [2.75, 3.05) is 7.05 Å². The molecule has 110 valence electrons. The SMILES string of the molecule is CNC(Cc1cc(Br)ccc1F)C1Cc2ccccc2C1. The van der Waals surface area contributed by atoms with Crippen molar-refractivity contribution in [1.82, 2.24) is 5.32 Å². The van der Waals surface area contributed by atoms with Gasteiger partial charge in [-0.05, 0) is 67.1 Å². The topological polar surface area (TPSA) is 12.0 Å². The van der Waals surface area contributed by atoms with E-state index in [1.165, 1.54) is 17.2 Å². The van der Waals surface area contributed by atoms with Crippen LogP contribution < -0.4 is 5.32 Å². The van der Waals surface area contributed by atoms with Gasteiger partial charge in [-0.2, -0.15) is 0 Å². The van der Waals surface area contributed by atoms with Gasteiger partial charge in [0.1, 0.15) is 5.82 Å². The molecule has 1 aliphatic rings. The fourth-order valence-corrected chi connectivity index (χ4v) is 3.73. The molecule has 1 nitrogen and oxygen atoms in total. The fourth-order valence-electron chi connectivity index (χ4n) is 3.32. The second kappa shape index (κ2) is 6.29. The lowest BCUT2D eigenvalue weighted by molar-refractivity contribution is 0.379. The van der Waals surface area contributed by atoms with E-state index in [0.29, 0.717) is 12.0 Å². The van der Waals surface area contributed by atoms with Gasteiger partial charge < -0.3 is 5.32 Å². The molecule has 0 heterocycles. The largest absolute Gasteiger partial charge is 0.316 e. The Balaban J connectivity index is 1.76. The van der Waals surface area contributed by atoms with E-state index >= 15 is 0 Å². The molecule has 0 spiro atoms. The fraction of sp³-hybridized carbons (Fsp3) is 0.333. The van der Waals surface area contributed by atoms with E-state index < -0.39 is 0 Å². The van der Waals surface area contributed by atoms with E-state index in [9.17, 15) is 4.39 Å². The summed E-state index contributed by atoms with van der Waals surface area (Å²) in [6.45, 7) is 0. The van der Waals surface area contributed by atoms with Crippen LogP contribution >= 0.6 is 15.9 Å². The van der Waals surface area contributed by atoms with Gasteiger partial charge in [0.15, 0.2) is 0 Å². The van der Waals surface area contributed by atoms with Crippen LogP contribution in [0.2, 0.25) is 0 Å². The first-order valence-electron chi connectivity index (χ1n) is 7.35. The second-order valence-corrected chi connectivity index (χ2v) is 6.69. The Morgan fingerprint density at radius 3 is 2.48 bits per heavy atom. The molecule has 2 aromatic rings. The van der Waals surface area contributed by atoms with Gasteiger partial charge in [-0.1, -0.05) is 40.2 Å². The summed E-state index contributed by atoms with van der Waals surface area (Å²) < 4.78 is 14.9. The standard InChI is InChI=1S/C18H19BrFN/c1-21-18(11-14-10-16(19)6-7-17(14)20)15-8-12-4-2-3-5-13(12)9-15/h2-7,10,15,18,21H,8-9,11H2,1H3. The van der Waals surface area contributed by atoms with E-state index in [0.717, 1.165) is 29.3 Å². The van der Waals surface area contributed by atoms with Crippen molar-refractivity contribution in [3.05, 3.63) is 69.4 Å². The van der Waals surface area contributed by atoms with Crippen molar-refractivity contribution in [2.24, 2.45) is 5.92 Å². The third-order valence-corrected chi connectivity index (χ3v) is 4.96. The Labute approximate surface area is 133 Å². The summed E-state index contributed by atoms with van der Waals surface area (Å²) in [5.74, 6) is 0.416. The first kappa shape index (κ1) is 14.7. The van der Waals surface area contributed by atoms with Crippen LogP contribution in [0.3, 0.4) is 0 Å². The highest BCUT2D eigenvalue weighted by Gasteiger charge is 2.28. The number of halogens is 2. The van der Waals surface area contributed by atoms with Gasteiger partial charge in [0, 0.05) is 10.5 Å². The highest BCUT2D eigenvalue weighted by atomic mass is 79.9. The molecule has 3 heteroatoms. The molecule has 0 fully saturated rings. The Morgan fingerprint density at radius 1 is 1.19 bits per heavy atom. The molecule has 1 N–H and O–H groups in total. The summed E-state index contributed by atoms with van der Waals surface area (Å²) in [7, 11) is 1.98. The zero-order chi connectivity index (χ0) is 14.8. The molecule has 0 saturated carbocycles. The van der Waals surface area contributed by atoms with Gasteiger partial charge in [0.25, 0.3) is 0 Å². The minimum Gasteiger partial charge on any atom is -0.316 e. The van der Waals surface area contributed by atoms with Crippen LogP contribution in [0.1, 0.15) is 16.7 Å². The minimum absolute atomic E-state index is 0.117. The third-order valence-electron chi connectivity index (χ3n) is 4.47. The molecule has 0 aromatic heterocycles. The lowest BCUT2D eigenvalue weighted by Crippen LogP contribution is -2.36. The number of benzene rings is 2. The monoisotopic (exact) mass is 347 g/mol. The number of hydrogen-bond acceptors (Lipinski definition) is 1. The summed E-state index contributed by atoms with van der Waals surface area (Å²) in [6, 6.07) is 14.1. The smallest absolute Gasteiger partial charge is 0.126 e. The molecule has 21 heavy (non-hydrogen) atoms. The molecule has 0 radical (unpaired) electrons. The maximum absolute atomic E-state index is 14.0. The quantitative estimate of drug-likeness (QED) is 0.876. The summed E-state index contributed by atoms with van der Waals surface area (Å²) in [5.41, 5.74) is 3.66. The van der Waals surface area contributed by atoms with E-state index in [1.54, 1.807) is 6.07 Å². The number of hydrogen-bond donors (Lipinski definition) is 1. The van der Waals surface area contributed by atoms with Gasteiger partial charge in [0.05, 0.1) is 0 Å². The van der Waals surface area contributed by atoms with E-state index in [1.807, 2.05) is 13.1 Å². The van der Waals surface area contributed by atoms with Gasteiger partial charge in [0.2, 0.25) is 0 Å². The normalized spacial score (nSPS) is 16.0. The molecule has 0 bridgehead atoms. The lowest BCUT2D eigenvalue weighted by Gasteiger charge is -2.23. The van der Waals surface area contributed by atoms with E-state index in [-0.39, 0.29) is 5.82 Å². The first-order valence-corrected chi connectivity index (χ1v) is 8.14. The molecule has 2 aromatic carbocycles. The highest BCUT2D eigenvalue weighted by molar-refractivity contribution is 9.10. The Hall–Kier alpha value is -1.19. The average molecular weight is 348 g/mol. The van der Waals surface area contributed by atoms with Crippen molar-refractivity contribution in [3.63, 3.8) is 0 Å². The lowest BCUT2D eigenvalue weighted by atomic mass is 9.91. The molecule has 3 rings (SSSR count). The van der Waals surface area contributed by atoms with Crippen molar-refractivity contribution in [1.29, 1.82) is 0 Å². The molecular weight excluding hydrogens is 329 g/mol. The molecule has 0 aliphatic heterocycles. The van der Waals surface area contributed by atoms with Gasteiger partial charge in [-0.15, -0.1) is 0 Å². The molecule has 0 saturated heterocycles. The third kappa shape index (κ3) is 3.19. The van der Waals surface area contributed by atoms with Gasteiger partial charge >= 0.3 is 0 Å². The molecule has 1 aliphatic carbocycles. The van der Waals surface area contributed by atoms with Crippen LogP contribution in [0.25, 0.3) is 0 Å². The minimum atomic E-state index is -0.117. The van der Waals surface area contributed by atoms with Crippen LogP contribution in [-0.4, -0.2) is 13.1 Å². The molecule has 1 unspecified atom stereocenters. The van der Waals surface area contributed by atoms with Crippen LogP contribution in [0.4, 0.5) is 4.39 Å². The van der Waals surface area contributed by atoms with Crippen molar-refractivity contribution in [2.45, 2.75) is 25.3 Å². The number of rotatable bonds is 4. The summed E-state index contributed by atoms with van der Waals surface area (Å²) in [4.78, 5) is 0. The Kier molecular flexibility index (Phi) is 4.41. The van der Waals surface area contributed by atoms with Gasteiger partial charge in [-0.3, -0.25) is 0 Å². The summed E-state index contributed by atoms with van der Waals surface area (Å²) >= 11 is 3.43. The zero-order valence-electron chi connectivity index (χ0n) is 12.1. The van der Waals surface area contributed by atoms with Crippen molar-refractivity contribution in [3.8, 4) is 0 Å². The number of likely N-dealkylation sites (N-methyl/N-ethyl adjacent to an activating group) is 1.